The molecule has 1 heterocycles. The first kappa shape index (κ1) is 18.6. The SMILES string of the molecule is COc1ccc(Cl)cc1-c1nc(Sc2ccc([N+](=O)[O-])cc2[N+](=O)[O-])n[nH]1. The minimum absolute atomic E-state index is 0.175. The van der Waals surface area contributed by atoms with Gasteiger partial charge < -0.3 is 4.74 Å². The van der Waals surface area contributed by atoms with Gasteiger partial charge in [-0.25, -0.2) is 4.98 Å². The minimum atomic E-state index is -0.697. The number of hydrogen-bond acceptors (Lipinski definition) is 8. The molecule has 3 aromatic rings. The number of non-ortho nitro benzene ring substituents is 1. The number of aromatic amines is 1. The first-order valence-electron chi connectivity index (χ1n) is 7.26. The first-order chi connectivity index (χ1) is 12.9. The van der Waals surface area contributed by atoms with Crippen molar-refractivity contribution >= 4 is 34.7 Å². The van der Waals surface area contributed by atoms with Gasteiger partial charge in [-0.15, -0.1) is 5.10 Å². The first-order valence-corrected chi connectivity index (χ1v) is 8.45. The highest BCUT2D eigenvalue weighted by atomic mass is 35.5. The zero-order valence-electron chi connectivity index (χ0n) is 13.6. The molecule has 10 nitrogen and oxygen atoms in total. The lowest BCUT2D eigenvalue weighted by molar-refractivity contribution is -0.396. The fraction of sp³-hybridized carbons (Fsp3) is 0.0667. The number of halogens is 1. The van der Waals surface area contributed by atoms with Crippen molar-refractivity contribution in [1.29, 1.82) is 0 Å². The second-order valence-corrected chi connectivity index (χ2v) is 6.53. The lowest BCUT2D eigenvalue weighted by atomic mass is 10.2. The molecule has 0 radical (unpaired) electrons. The van der Waals surface area contributed by atoms with Crippen molar-refractivity contribution in [2.24, 2.45) is 0 Å². The summed E-state index contributed by atoms with van der Waals surface area (Å²) in [6.07, 6.45) is 0. The summed E-state index contributed by atoms with van der Waals surface area (Å²) in [6, 6.07) is 8.35. The second-order valence-electron chi connectivity index (χ2n) is 5.08. The van der Waals surface area contributed by atoms with Crippen LogP contribution in [0.5, 0.6) is 5.75 Å². The van der Waals surface area contributed by atoms with Crippen LogP contribution in [0.3, 0.4) is 0 Å². The third-order valence-electron chi connectivity index (χ3n) is 3.43. The molecule has 0 spiro atoms. The van der Waals surface area contributed by atoms with E-state index in [4.69, 9.17) is 16.3 Å². The number of ether oxygens (including phenoxy) is 1. The Kier molecular flexibility index (Phi) is 5.23. The van der Waals surface area contributed by atoms with Crippen molar-refractivity contribution in [2.45, 2.75) is 10.1 Å². The Balaban J connectivity index is 1.94. The lowest BCUT2D eigenvalue weighted by Crippen LogP contribution is -1.94. The number of rotatable bonds is 6. The molecule has 0 amide bonds. The van der Waals surface area contributed by atoms with E-state index in [1.165, 1.54) is 19.2 Å². The van der Waals surface area contributed by atoms with Crippen LogP contribution in [0.1, 0.15) is 0 Å². The van der Waals surface area contributed by atoms with Crippen molar-refractivity contribution < 1.29 is 14.6 Å². The topological polar surface area (TPSA) is 137 Å². The summed E-state index contributed by atoms with van der Waals surface area (Å²) in [6.45, 7) is 0. The second kappa shape index (κ2) is 7.60. The molecule has 0 atom stereocenters. The quantitative estimate of drug-likeness (QED) is 0.476. The molecule has 138 valence electrons. The van der Waals surface area contributed by atoms with Crippen LogP contribution in [-0.4, -0.2) is 32.1 Å². The fourth-order valence-corrected chi connectivity index (χ4v) is 3.20. The summed E-state index contributed by atoms with van der Waals surface area (Å²) in [7, 11) is 1.50. The molecule has 1 N–H and O–H groups in total. The molecular formula is C15H10ClN5O5S. The molecular weight excluding hydrogens is 398 g/mol. The maximum absolute atomic E-state index is 11.2. The molecule has 2 aromatic carbocycles. The molecule has 27 heavy (non-hydrogen) atoms. The van der Waals surface area contributed by atoms with Gasteiger partial charge in [0.25, 0.3) is 11.4 Å². The van der Waals surface area contributed by atoms with Gasteiger partial charge in [0.2, 0.25) is 5.16 Å². The Labute approximate surface area is 160 Å². The van der Waals surface area contributed by atoms with E-state index in [0.29, 0.717) is 22.2 Å². The van der Waals surface area contributed by atoms with E-state index >= 15 is 0 Å². The van der Waals surface area contributed by atoms with Crippen molar-refractivity contribution in [3.63, 3.8) is 0 Å². The number of H-pyrrole nitrogens is 1. The van der Waals surface area contributed by atoms with Crippen LogP contribution in [0.25, 0.3) is 11.4 Å². The number of benzene rings is 2. The van der Waals surface area contributed by atoms with Gasteiger partial charge in [-0.1, -0.05) is 11.6 Å². The Morgan fingerprint density at radius 1 is 1.15 bits per heavy atom. The number of nitro benzene ring substituents is 2. The zero-order valence-corrected chi connectivity index (χ0v) is 15.2. The Morgan fingerprint density at radius 3 is 2.59 bits per heavy atom. The van der Waals surface area contributed by atoms with Crippen molar-refractivity contribution in [3.05, 3.63) is 61.6 Å². The predicted octanol–water partition coefficient (Wildman–Crippen LogP) is 4.10. The van der Waals surface area contributed by atoms with Crippen molar-refractivity contribution in [2.75, 3.05) is 7.11 Å². The molecule has 1 aromatic heterocycles. The van der Waals surface area contributed by atoms with Crippen LogP contribution in [0, 0.1) is 20.2 Å². The van der Waals surface area contributed by atoms with Gasteiger partial charge in [0.1, 0.15) is 5.75 Å². The Hall–Kier alpha value is -3.18. The minimum Gasteiger partial charge on any atom is -0.496 e. The largest absolute Gasteiger partial charge is 0.496 e. The van der Waals surface area contributed by atoms with Crippen LogP contribution in [0.2, 0.25) is 5.02 Å². The van der Waals surface area contributed by atoms with Gasteiger partial charge in [0.05, 0.1) is 33.5 Å². The number of hydrogen-bond donors (Lipinski definition) is 1. The maximum atomic E-state index is 11.2. The van der Waals surface area contributed by atoms with Gasteiger partial charge in [-0.2, -0.15) is 0 Å². The van der Waals surface area contributed by atoms with Gasteiger partial charge in [-0.05, 0) is 36.0 Å². The smallest absolute Gasteiger partial charge is 0.290 e. The van der Waals surface area contributed by atoms with Crippen LogP contribution >= 0.6 is 23.4 Å². The molecule has 0 unspecified atom stereocenters. The van der Waals surface area contributed by atoms with Crippen LogP contribution in [0.15, 0.2) is 46.5 Å². The number of nitrogens with one attached hydrogen (secondary N) is 1. The molecule has 0 aliphatic heterocycles. The average molecular weight is 408 g/mol. The van der Waals surface area contributed by atoms with Crippen molar-refractivity contribution in [1.82, 2.24) is 15.2 Å². The summed E-state index contributed by atoms with van der Waals surface area (Å²) in [4.78, 5) is 25.1. The summed E-state index contributed by atoms with van der Waals surface area (Å²) >= 11 is 6.91. The van der Waals surface area contributed by atoms with Crippen LogP contribution < -0.4 is 4.74 Å². The molecule has 12 heteroatoms. The third kappa shape index (κ3) is 3.99. The summed E-state index contributed by atoms with van der Waals surface area (Å²) in [5.74, 6) is 0.884. The van der Waals surface area contributed by atoms with E-state index in [0.717, 1.165) is 17.8 Å². The molecule has 0 saturated carbocycles. The number of aromatic nitrogens is 3. The molecule has 0 aliphatic carbocycles. The monoisotopic (exact) mass is 407 g/mol. The average Bonchev–Trinajstić information content (AvgIpc) is 3.10. The molecule has 0 saturated heterocycles. The maximum Gasteiger partial charge on any atom is 0.290 e. The number of methoxy groups -OCH3 is 1. The number of nitro groups is 2. The highest BCUT2D eigenvalue weighted by molar-refractivity contribution is 7.99. The lowest BCUT2D eigenvalue weighted by Gasteiger charge is -2.05. The van der Waals surface area contributed by atoms with E-state index in [2.05, 4.69) is 15.2 Å². The van der Waals surface area contributed by atoms with Crippen LogP contribution in [-0.2, 0) is 0 Å². The molecule has 3 rings (SSSR count). The number of nitrogens with zero attached hydrogens (tertiary/aromatic N) is 4. The summed E-state index contributed by atoms with van der Waals surface area (Å²) in [5.41, 5.74) is -0.200. The Bertz CT molecular complexity index is 1040. The summed E-state index contributed by atoms with van der Waals surface area (Å²) in [5, 5.41) is 29.5. The zero-order chi connectivity index (χ0) is 19.6. The predicted molar refractivity (Wildman–Crippen MR) is 97.3 cm³/mol. The van der Waals surface area contributed by atoms with E-state index in [1.807, 2.05) is 0 Å². The van der Waals surface area contributed by atoms with Gasteiger partial charge in [0.15, 0.2) is 5.82 Å². The standard InChI is InChI=1S/C15H10ClN5O5S/c1-26-12-4-2-8(16)6-10(12)14-17-15(19-18-14)27-13-5-3-9(20(22)23)7-11(13)21(24)25/h2-7H,1H3,(H,17,18,19). The molecule has 0 fully saturated rings. The van der Waals surface area contributed by atoms with E-state index in [1.54, 1.807) is 18.2 Å². The van der Waals surface area contributed by atoms with E-state index in [9.17, 15) is 20.2 Å². The summed E-state index contributed by atoms with van der Waals surface area (Å²) < 4.78 is 5.26. The van der Waals surface area contributed by atoms with E-state index < -0.39 is 15.5 Å². The normalized spacial score (nSPS) is 10.6. The molecule has 0 aliphatic rings. The highest BCUT2D eigenvalue weighted by Gasteiger charge is 2.22. The fourth-order valence-electron chi connectivity index (χ4n) is 2.22. The Morgan fingerprint density at radius 2 is 1.93 bits per heavy atom. The van der Waals surface area contributed by atoms with Gasteiger partial charge in [-0.3, -0.25) is 25.3 Å². The van der Waals surface area contributed by atoms with E-state index in [-0.39, 0.29) is 15.7 Å². The molecule has 0 bridgehead atoms. The third-order valence-corrected chi connectivity index (χ3v) is 4.60. The van der Waals surface area contributed by atoms with Crippen molar-refractivity contribution in [3.8, 4) is 17.1 Å². The van der Waals surface area contributed by atoms with Crippen LogP contribution in [0.4, 0.5) is 11.4 Å². The van der Waals surface area contributed by atoms with Gasteiger partial charge in [0, 0.05) is 11.1 Å². The van der Waals surface area contributed by atoms with Gasteiger partial charge >= 0.3 is 0 Å². The highest BCUT2D eigenvalue weighted by Crippen LogP contribution is 2.37.